The monoisotopic (exact) mass is 542 g/mol. The second kappa shape index (κ2) is 11.3. The third kappa shape index (κ3) is 7.19. The first-order valence-corrected chi connectivity index (χ1v) is 12.8. The van der Waals surface area contributed by atoms with E-state index in [0.717, 1.165) is 5.56 Å². The molecule has 0 spiro atoms. The number of nitrogens with one attached hydrogen (secondary N) is 2. The number of halogens is 4. The Morgan fingerprint density at radius 3 is 2.38 bits per heavy atom. The molecule has 1 atom stereocenters. The third-order valence-corrected chi connectivity index (χ3v) is 7.90. The number of hydrogen-bond donors (Lipinski definition) is 2. The van der Waals surface area contributed by atoms with Crippen molar-refractivity contribution in [1.82, 2.24) is 20.6 Å². The lowest BCUT2D eigenvalue weighted by Gasteiger charge is -2.29. The van der Waals surface area contributed by atoms with Gasteiger partial charge in [-0.3, -0.25) is 13.5 Å². The number of amides is 2. The van der Waals surface area contributed by atoms with E-state index in [-0.39, 0.29) is 30.7 Å². The van der Waals surface area contributed by atoms with Gasteiger partial charge in [0.1, 0.15) is 17.5 Å². The minimum Gasteiger partial charge on any atom is -0.355 e. The van der Waals surface area contributed by atoms with Crippen LogP contribution in [0.2, 0.25) is 0 Å². The first-order valence-electron chi connectivity index (χ1n) is 11.9. The van der Waals surface area contributed by atoms with Crippen LogP contribution in [0.25, 0.3) is 0 Å². The summed E-state index contributed by atoms with van der Waals surface area (Å²) in [5, 5.41) is 5.12. The quantitative estimate of drug-likeness (QED) is 0.193. The molecule has 3 rings (SSSR count). The van der Waals surface area contributed by atoms with Crippen molar-refractivity contribution in [1.29, 1.82) is 0 Å². The molecule has 2 amide bonds. The third-order valence-electron chi connectivity index (χ3n) is 6.74. The van der Waals surface area contributed by atoms with Gasteiger partial charge in [-0.15, -0.1) is 0 Å². The van der Waals surface area contributed by atoms with E-state index < -0.39 is 35.1 Å². The summed E-state index contributed by atoms with van der Waals surface area (Å²) in [6.45, 7) is 2.25. The maximum absolute atomic E-state index is 14.2. The lowest BCUT2D eigenvalue weighted by molar-refractivity contribution is -0.750. The van der Waals surface area contributed by atoms with Gasteiger partial charge in [0.05, 0.1) is 43.6 Å². The molecule has 0 bridgehead atoms. The SMILES string of the molecule is CNC(=O)c1ccc(CC[N+](C)(C)SCNC(=O)C[C@H](c2cnc(C)nc2)C2(C(F)(F)F)CC2)cc1F. The molecule has 0 saturated heterocycles. The van der Waals surface area contributed by atoms with Crippen molar-refractivity contribution in [3.63, 3.8) is 0 Å². The van der Waals surface area contributed by atoms with Crippen LogP contribution >= 0.6 is 11.9 Å². The smallest absolute Gasteiger partial charge is 0.355 e. The number of nitrogens with zero attached hydrogens (tertiary/aromatic N) is 3. The molecule has 1 saturated carbocycles. The molecular formula is C25H32F4N5O2S+. The summed E-state index contributed by atoms with van der Waals surface area (Å²) in [4.78, 5) is 32.4. The van der Waals surface area contributed by atoms with E-state index in [0.29, 0.717) is 28.2 Å². The molecule has 1 aromatic carbocycles. The molecule has 1 heterocycles. The molecule has 0 radical (unpaired) electrons. The Bertz CT molecular complexity index is 1120. The highest BCUT2D eigenvalue weighted by atomic mass is 32.2. The molecule has 202 valence electrons. The van der Waals surface area contributed by atoms with Gasteiger partial charge in [-0.2, -0.15) is 13.2 Å². The zero-order chi connectivity index (χ0) is 27.4. The Morgan fingerprint density at radius 1 is 1.19 bits per heavy atom. The van der Waals surface area contributed by atoms with Gasteiger partial charge in [-0.1, -0.05) is 6.07 Å². The number of aryl methyl sites for hydroxylation is 1. The molecule has 2 N–H and O–H groups in total. The van der Waals surface area contributed by atoms with Crippen LogP contribution in [0.3, 0.4) is 0 Å². The van der Waals surface area contributed by atoms with E-state index >= 15 is 0 Å². The van der Waals surface area contributed by atoms with Gasteiger partial charge in [-0.05, 0) is 43.0 Å². The highest BCUT2D eigenvalue weighted by Crippen LogP contribution is 2.66. The van der Waals surface area contributed by atoms with Crippen LogP contribution < -0.4 is 10.6 Å². The Kier molecular flexibility index (Phi) is 8.84. The average molecular weight is 543 g/mol. The molecule has 7 nitrogen and oxygen atoms in total. The van der Waals surface area contributed by atoms with Crippen LogP contribution in [-0.2, 0) is 11.2 Å². The minimum absolute atomic E-state index is 0.0221. The molecule has 1 aliphatic carbocycles. The van der Waals surface area contributed by atoms with Crippen LogP contribution in [0.15, 0.2) is 30.6 Å². The summed E-state index contributed by atoms with van der Waals surface area (Å²) in [7, 11) is 5.27. The highest BCUT2D eigenvalue weighted by Gasteiger charge is 2.67. The predicted octanol–water partition coefficient (Wildman–Crippen LogP) is 4.14. The van der Waals surface area contributed by atoms with E-state index in [1.807, 2.05) is 14.1 Å². The lowest BCUT2D eigenvalue weighted by atomic mass is 9.81. The van der Waals surface area contributed by atoms with Gasteiger partial charge in [0.15, 0.2) is 0 Å². The lowest BCUT2D eigenvalue weighted by Crippen LogP contribution is -2.38. The maximum atomic E-state index is 14.2. The Balaban J connectivity index is 1.55. The molecule has 2 aromatic rings. The number of aromatic nitrogens is 2. The molecule has 0 unspecified atom stereocenters. The van der Waals surface area contributed by atoms with Crippen LogP contribution in [0.5, 0.6) is 0 Å². The number of benzene rings is 1. The summed E-state index contributed by atoms with van der Waals surface area (Å²) in [5.41, 5.74) is -0.903. The number of carbonyl (C=O) groups excluding carboxylic acids is 2. The number of quaternary nitrogens is 1. The standard InChI is InChI=1S/C25H31F4N5O2S/c1-16-31-13-18(14-32-16)20(24(8-9-24)25(27,28)29)12-22(35)33-15-37-34(3,4)10-7-17-5-6-19(21(26)11-17)23(36)30-2/h5-6,11,13-14,20H,7-10,12,15H2,1-4H3,(H-,30,33,35,36)/p+1/t20-/m1/s1. The van der Waals surface area contributed by atoms with E-state index in [9.17, 15) is 27.2 Å². The van der Waals surface area contributed by atoms with Crippen molar-refractivity contribution >= 4 is 23.8 Å². The fourth-order valence-corrected chi connectivity index (χ4v) is 5.02. The molecule has 12 heteroatoms. The Hall–Kier alpha value is -2.73. The van der Waals surface area contributed by atoms with E-state index in [2.05, 4.69) is 20.6 Å². The van der Waals surface area contributed by atoms with E-state index in [4.69, 9.17) is 0 Å². The number of rotatable bonds is 11. The predicted molar refractivity (Wildman–Crippen MR) is 133 cm³/mol. The Morgan fingerprint density at radius 2 is 1.84 bits per heavy atom. The largest absolute Gasteiger partial charge is 0.395 e. The van der Waals surface area contributed by atoms with Gasteiger partial charge in [0.2, 0.25) is 5.91 Å². The zero-order valence-corrected chi connectivity index (χ0v) is 22.1. The summed E-state index contributed by atoms with van der Waals surface area (Å²) in [5.74, 6) is -1.96. The van der Waals surface area contributed by atoms with E-state index in [1.165, 1.54) is 43.5 Å². The van der Waals surface area contributed by atoms with Crippen molar-refractivity contribution in [2.45, 2.75) is 44.7 Å². The van der Waals surface area contributed by atoms with E-state index in [1.54, 1.807) is 13.0 Å². The van der Waals surface area contributed by atoms with Gasteiger partial charge >= 0.3 is 6.18 Å². The van der Waals surface area contributed by atoms with Crippen LogP contribution in [0.4, 0.5) is 17.6 Å². The number of alkyl halides is 3. The van der Waals surface area contributed by atoms with Crippen LogP contribution in [-0.4, -0.2) is 65.4 Å². The van der Waals surface area contributed by atoms with Crippen molar-refractivity contribution in [3.8, 4) is 0 Å². The fraction of sp³-hybridized carbons (Fsp3) is 0.520. The summed E-state index contributed by atoms with van der Waals surface area (Å²) < 4.78 is 56.3. The summed E-state index contributed by atoms with van der Waals surface area (Å²) in [6, 6.07) is 4.48. The summed E-state index contributed by atoms with van der Waals surface area (Å²) >= 11 is 1.40. The molecular weight excluding hydrogens is 510 g/mol. The van der Waals surface area contributed by atoms with Crippen molar-refractivity contribution in [3.05, 3.63) is 58.9 Å². The van der Waals surface area contributed by atoms with Crippen molar-refractivity contribution in [2.24, 2.45) is 5.41 Å². The minimum atomic E-state index is -4.42. The summed E-state index contributed by atoms with van der Waals surface area (Å²) in [6.07, 6.45) is -1.49. The average Bonchev–Trinajstić information content (AvgIpc) is 3.64. The molecule has 1 aliphatic rings. The second-order valence-corrected chi connectivity index (χ2v) is 11.3. The highest BCUT2D eigenvalue weighted by molar-refractivity contribution is 7.93. The molecule has 1 aromatic heterocycles. The number of likely N-dealkylation sites (N-methyl/N-ethyl adjacent to an activating group) is 1. The normalized spacial score (nSPS) is 15.7. The fourth-order valence-electron chi connectivity index (χ4n) is 4.22. The number of hydrogen-bond acceptors (Lipinski definition) is 5. The first-order chi connectivity index (χ1) is 17.3. The van der Waals surface area contributed by atoms with Crippen molar-refractivity contribution in [2.75, 3.05) is 33.6 Å². The van der Waals surface area contributed by atoms with Crippen LogP contribution in [0, 0.1) is 18.2 Å². The van der Waals surface area contributed by atoms with Crippen LogP contribution in [0.1, 0.15) is 52.5 Å². The molecule has 37 heavy (non-hydrogen) atoms. The van der Waals surface area contributed by atoms with Gasteiger partial charge in [-0.25, -0.2) is 14.4 Å². The maximum Gasteiger partial charge on any atom is 0.395 e. The topological polar surface area (TPSA) is 84.0 Å². The Labute approximate surface area is 218 Å². The molecule has 1 fully saturated rings. The van der Waals surface area contributed by atoms with Crippen molar-refractivity contribution < 1.29 is 31.0 Å². The second-order valence-electron chi connectivity index (χ2n) is 9.79. The van der Waals surface area contributed by atoms with Gasteiger partial charge < -0.3 is 10.6 Å². The van der Waals surface area contributed by atoms with Gasteiger partial charge in [0.25, 0.3) is 5.91 Å². The van der Waals surface area contributed by atoms with Gasteiger partial charge in [0, 0.05) is 38.2 Å². The number of carbonyl (C=O) groups is 2. The first kappa shape index (κ1) is 28.8. The molecule has 0 aliphatic heterocycles. The zero-order valence-electron chi connectivity index (χ0n) is 21.3.